The number of piperidine rings is 1. The maximum atomic E-state index is 5.52. The lowest BCUT2D eigenvalue weighted by Gasteiger charge is -2.35. The van der Waals surface area contributed by atoms with E-state index in [-0.39, 0.29) is 0 Å². The van der Waals surface area contributed by atoms with Crippen LogP contribution in [0.2, 0.25) is 0 Å². The number of nitrogens with zero attached hydrogens (tertiary/aromatic N) is 4. The van der Waals surface area contributed by atoms with Gasteiger partial charge in [0.2, 0.25) is 0 Å². The number of methoxy groups -OCH3 is 2. The van der Waals surface area contributed by atoms with Crippen LogP contribution < -0.4 is 4.74 Å². The number of benzene rings is 2. The molecule has 0 amide bonds. The molecular weight excluding hydrogens is 392 g/mol. The molecule has 1 fully saturated rings. The zero-order valence-electron chi connectivity index (χ0n) is 18.5. The predicted molar refractivity (Wildman–Crippen MR) is 120 cm³/mol. The van der Waals surface area contributed by atoms with Crippen molar-refractivity contribution < 1.29 is 14.1 Å². The van der Waals surface area contributed by atoms with Crippen LogP contribution in [0.4, 0.5) is 0 Å². The number of para-hydroxylation sites is 1. The SMILES string of the molecule is COCCN(Cc1ccc2nonc2c1)CC1CCN(Cc2ccccc2OC)CC1. The van der Waals surface area contributed by atoms with E-state index in [0.29, 0.717) is 5.92 Å². The molecule has 1 aliphatic heterocycles. The molecule has 2 heterocycles. The van der Waals surface area contributed by atoms with Crippen LogP contribution in [-0.2, 0) is 17.8 Å². The van der Waals surface area contributed by atoms with Crippen LogP contribution in [0.25, 0.3) is 11.0 Å². The molecule has 0 N–H and O–H groups in total. The molecule has 7 nitrogen and oxygen atoms in total. The van der Waals surface area contributed by atoms with Gasteiger partial charge < -0.3 is 9.47 Å². The maximum Gasteiger partial charge on any atom is 0.135 e. The van der Waals surface area contributed by atoms with Gasteiger partial charge in [-0.05, 0) is 65.9 Å². The number of hydrogen-bond donors (Lipinski definition) is 0. The molecule has 0 radical (unpaired) electrons. The summed E-state index contributed by atoms with van der Waals surface area (Å²) in [4.78, 5) is 5.04. The zero-order valence-corrected chi connectivity index (χ0v) is 18.5. The minimum atomic E-state index is 0.697. The summed E-state index contributed by atoms with van der Waals surface area (Å²) in [6.07, 6.45) is 2.43. The Bertz CT molecular complexity index is 953. The third kappa shape index (κ3) is 5.81. The molecule has 1 saturated heterocycles. The molecule has 0 aliphatic carbocycles. The van der Waals surface area contributed by atoms with E-state index in [1.165, 1.54) is 24.0 Å². The Kier molecular flexibility index (Phi) is 7.51. The second-order valence-electron chi connectivity index (χ2n) is 8.35. The van der Waals surface area contributed by atoms with E-state index < -0.39 is 0 Å². The summed E-state index contributed by atoms with van der Waals surface area (Å²) >= 11 is 0. The molecule has 0 saturated carbocycles. The standard InChI is InChI=1S/C24H32N4O3/c1-29-14-13-28(17-20-7-8-22-23(15-20)26-31-25-22)16-19-9-11-27(12-10-19)18-21-5-3-4-6-24(21)30-2/h3-8,15,19H,9-14,16-18H2,1-2H3. The van der Waals surface area contributed by atoms with Crippen LogP contribution in [0.1, 0.15) is 24.0 Å². The molecule has 0 atom stereocenters. The second kappa shape index (κ2) is 10.7. The highest BCUT2D eigenvalue weighted by atomic mass is 16.6. The monoisotopic (exact) mass is 424 g/mol. The average Bonchev–Trinajstić information content (AvgIpc) is 3.27. The van der Waals surface area contributed by atoms with E-state index in [9.17, 15) is 0 Å². The average molecular weight is 425 g/mol. The Hall–Kier alpha value is -2.48. The van der Waals surface area contributed by atoms with Gasteiger partial charge in [0.05, 0.1) is 13.7 Å². The lowest BCUT2D eigenvalue weighted by atomic mass is 9.95. The van der Waals surface area contributed by atoms with Gasteiger partial charge in [0, 0.05) is 38.9 Å². The maximum absolute atomic E-state index is 5.52. The molecule has 0 spiro atoms. The second-order valence-corrected chi connectivity index (χ2v) is 8.35. The minimum absolute atomic E-state index is 0.697. The molecule has 7 heteroatoms. The first kappa shape index (κ1) is 21.7. The largest absolute Gasteiger partial charge is 0.496 e. The van der Waals surface area contributed by atoms with E-state index in [4.69, 9.17) is 14.1 Å². The summed E-state index contributed by atoms with van der Waals surface area (Å²) in [5.41, 5.74) is 4.11. The molecule has 2 aromatic carbocycles. The van der Waals surface area contributed by atoms with Gasteiger partial charge in [-0.25, -0.2) is 4.63 Å². The fraction of sp³-hybridized carbons (Fsp3) is 0.500. The van der Waals surface area contributed by atoms with Gasteiger partial charge in [-0.3, -0.25) is 9.80 Å². The molecule has 0 bridgehead atoms. The quantitative estimate of drug-likeness (QED) is 0.493. The molecule has 4 rings (SSSR count). The molecular formula is C24H32N4O3. The number of aromatic nitrogens is 2. The Morgan fingerprint density at radius 2 is 1.87 bits per heavy atom. The van der Waals surface area contributed by atoms with Gasteiger partial charge in [0.15, 0.2) is 0 Å². The number of likely N-dealkylation sites (tertiary alicyclic amines) is 1. The van der Waals surface area contributed by atoms with Gasteiger partial charge in [0.25, 0.3) is 0 Å². The van der Waals surface area contributed by atoms with E-state index in [1.807, 2.05) is 18.2 Å². The number of rotatable bonds is 10. The highest BCUT2D eigenvalue weighted by Gasteiger charge is 2.22. The van der Waals surface area contributed by atoms with Crippen molar-refractivity contribution in [1.29, 1.82) is 0 Å². The van der Waals surface area contributed by atoms with Crippen molar-refractivity contribution in [3.8, 4) is 5.75 Å². The summed E-state index contributed by atoms with van der Waals surface area (Å²) in [6, 6.07) is 14.5. The van der Waals surface area contributed by atoms with Crippen LogP contribution in [0.15, 0.2) is 47.1 Å². The third-order valence-electron chi connectivity index (χ3n) is 6.15. The zero-order chi connectivity index (χ0) is 21.5. The van der Waals surface area contributed by atoms with Crippen molar-refractivity contribution in [2.75, 3.05) is 47.0 Å². The fourth-order valence-corrected chi connectivity index (χ4v) is 4.41. The van der Waals surface area contributed by atoms with Gasteiger partial charge in [-0.15, -0.1) is 0 Å². The van der Waals surface area contributed by atoms with Crippen LogP contribution in [0, 0.1) is 5.92 Å². The van der Waals surface area contributed by atoms with Gasteiger partial charge in [-0.2, -0.15) is 0 Å². The minimum Gasteiger partial charge on any atom is -0.496 e. The van der Waals surface area contributed by atoms with E-state index in [0.717, 1.165) is 62.7 Å². The molecule has 1 aromatic heterocycles. The van der Waals surface area contributed by atoms with Crippen molar-refractivity contribution in [1.82, 2.24) is 20.1 Å². The van der Waals surface area contributed by atoms with Crippen LogP contribution in [0.3, 0.4) is 0 Å². The predicted octanol–water partition coefficient (Wildman–Crippen LogP) is 3.59. The summed E-state index contributed by atoms with van der Waals surface area (Å²) < 4.78 is 15.7. The number of fused-ring (bicyclic) bond motifs is 1. The van der Waals surface area contributed by atoms with Crippen LogP contribution >= 0.6 is 0 Å². The van der Waals surface area contributed by atoms with Crippen molar-refractivity contribution in [3.63, 3.8) is 0 Å². The van der Waals surface area contributed by atoms with Crippen molar-refractivity contribution in [2.45, 2.75) is 25.9 Å². The number of hydrogen-bond acceptors (Lipinski definition) is 7. The molecule has 3 aromatic rings. The third-order valence-corrected chi connectivity index (χ3v) is 6.15. The smallest absolute Gasteiger partial charge is 0.135 e. The van der Waals surface area contributed by atoms with Crippen molar-refractivity contribution >= 4 is 11.0 Å². The molecule has 0 unspecified atom stereocenters. The first-order valence-electron chi connectivity index (χ1n) is 11.0. The van der Waals surface area contributed by atoms with Crippen LogP contribution in [-0.4, -0.2) is 67.1 Å². The lowest BCUT2D eigenvalue weighted by molar-refractivity contribution is 0.106. The van der Waals surface area contributed by atoms with E-state index in [1.54, 1.807) is 14.2 Å². The normalized spacial score (nSPS) is 15.7. The Labute approximate surface area is 183 Å². The lowest BCUT2D eigenvalue weighted by Crippen LogP contribution is -2.39. The van der Waals surface area contributed by atoms with Crippen molar-refractivity contribution in [2.24, 2.45) is 5.92 Å². The molecule has 166 valence electrons. The molecule has 1 aliphatic rings. The summed E-state index contributed by atoms with van der Waals surface area (Å²) in [5, 5.41) is 7.87. The highest BCUT2D eigenvalue weighted by molar-refractivity contribution is 5.73. The fourth-order valence-electron chi connectivity index (χ4n) is 4.41. The first-order chi connectivity index (χ1) is 15.2. The van der Waals surface area contributed by atoms with Crippen molar-refractivity contribution in [3.05, 3.63) is 53.6 Å². The summed E-state index contributed by atoms with van der Waals surface area (Å²) in [5.74, 6) is 1.68. The molecule has 31 heavy (non-hydrogen) atoms. The van der Waals surface area contributed by atoms with Gasteiger partial charge >= 0.3 is 0 Å². The summed E-state index contributed by atoms with van der Waals surface area (Å²) in [7, 11) is 3.51. The topological polar surface area (TPSA) is 63.9 Å². The Morgan fingerprint density at radius 1 is 1.06 bits per heavy atom. The van der Waals surface area contributed by atoms with Gasteiger partial charge in [0.1, 0.15) is 16.8 Å². The van der Waals surface area contributed by atoms with E-state index in [2.05, 4.69) is 44.4 Å². The summed E-state index contributed by atoms with van der Waals surface area (Å²) in [6.45, 7) is 6.83. The number of ether oxygens (including phenoxy) is 2. The van der Waals surface area contributed by atoms with Crippen LogP contribution in [0.5, 0.6) is 5.75 Å². The van der Waals surface area contributed by atoms with E-state index >= 15 is 0 Å². The Morgan fingerprint density at radius 3 is 2.68 bits per heavy atom. The van der Waals surface area contributed by atoms with Gasteiger partial charge in [-0.1, -0.05) is 24.3 Å². The Balaban J connectivity index is 1.31. The highest BCUT2D eigenvalue weighted by Crippen LogP contribution is 2.24. The first-order valence-corrected chi connectivity index (χ1v) is 11.0.